The summed E-state index contributed by atoms with van der Waals surface area (Å²) in [6.45, 7) is 5.44. The van der Waals surface area contributed by atoms with Gasteiger partial charge in [0.2, 0.25) is 0 Å². The van der Waals surface area contributed by atoms with Gasteiger partial charge in [-0.3, -0.25) is 0 Å². The van der Waals surface area contributed by atoms with E-state index in [1.165, 1.54) is 6.08 Å². The van der Waals surface area contributed by atoms with Gasteiger partial charge in [0.1, 0.15) is 28.5 Å². The standard InChI is InChI=1S/C37H30ClFN4O2/c1-2-26-33(29-15-24(44)13-20-7-3-5-9-27(20)29)32(38)17-31-35(34(26)39)41-36(30-16-25(45)14-21-8-4-6-10-28(21)30)42-37(31)43-18-22-11-12-23(19-43)40-22/h2-10,13-17,22-23,26,40,44-45H,1,11-12,18-19H2. The number of halogens is 2. The number of phenolic OH excluding ortho intramolecular Hbond substituents is 2. The van der Waals surface area contributed by atoms with Crippen LogP contribution in [0.3, 0.4) is 0 Å². The summed E-state index contributed by atoms with van der Waals surface area (Å²) >= 11 is 7.17. The Morgan fingerprint density at radius 2 is 1.47 bits per heavy atom. The minimum absolute atomic E-state index is 0.0560. The predicted molar refractivity (Wildman–Crippen MR) is 179 cm³/mol. The molecule has 3 atom stereocenters. The highest BCUT2D eigenvalue weighted by Crippen LogP contribution is 2.41. The lowest BCUT2D eigenvalue weighted by Gasteiger charge is -2.34. The summed E-state index contributed by atoms with van der Waals surface area (Å²) in [7, 11) is 0. The number of benzene rings is 4. The second-order valence-electron chi connectivity index (χ2n) is 12.1. The van der Waals surface area contributed by atoms with Gasteiger partial charge in [-0.25, -0.2) is 14.4 Å². The summed E-state index contributed by atoms with van der Waals surface area (Å²) in [5, 5.41) is 29.3. The normalized spacial score (nSPS) is 21.2. The largest absolute Gasteiger partial charge is 0.508 e. The van der Waals surface area contributed by atoms with Crippen LogP contribution in [0.1, 0.15) is 18.4 Å². The molecule has 0 amide bonds. The molecule has 0 saturated carbocycles. The maximum atomic E-state index is 17.2. The highest BCUT2D eigenvalue weighted by atomic mass is 35.5. The van der Waals surface area contributed by atoms with Crippen molar-refractivity contribution < 1.29 is 14.6 Å². The van der Waals surface area contributed by atoms with Crippen LogP contribution in [0.25, 0.3) is 50.4 Å². The minimum Gasteiger partial charge on any atom is -0.508 e. The van der Waals surface area contributed by atoms with Crippen molar-refractivity contribution in [2.45, 2.75) is 24.9 Å². The molecule has 3 unspecified atom stereocenters. The van der Waals surface area contributed by atoms with Crippen molar-refractivity contribution in [1.82, 2.24) is 15.3 Å². The van der Waals surface area contributed by atoms with Crippen LogP contribution in [0, 0.1) is 5.92 Å². The lowest BCUT2D eigenvalue weighted by molar-refractivity contribution is 0.462. The van der Waals surface area contributed by atoms with Crippen molar-refractivity contribution >= 4 is 56.4 Å². The Morgan fingerprint density at radius 1 is 0.867 bits per heavy atom. The molecule has 6 nitrogen and oxygen atoms in total. The Bertz CT molecular complexity index is 2200. The molecule has 8 heteroatoms. The molecule has 1 aliphatic carbocycles. The highest BCUT2D eigenvalue weighted by molar-refractivity contribution is 6.38. The SMILES string of the molecule is C=CC1C(c2cc(O)cc3ccccc23)=C(Cl)C=c2c(N3CC4CCC(C3)N4)nc(-c3cc(O)cc4ccccc34)nc2=C1F. The average molecular weight is 617 g/mol. The van der Waals surface area contributed by atoms with E-state index in [1.54, 1.807) is 30.3 Å². The summed E-state index contributed by atoms with van der Waals surface area (Å²) in [6, 6.07) is 22.6. The van der Waals surface area contributed by atoms with Crippen molar-refractivity contribution in [3.05, 3.63) is 107 Å². The third-order valence-electron chi connectivity index (χ3n) is 9.24. The second-order valence-corrected chi connectivity index (χ2v) is 12.5. The van der Waals surface area contributed by atoms with Gasteiger partial charge in [0, 0.05) is 41.0 Å². The number of nitrogens with one attached hydrogen (secondary N) is 1. The fourth-order valence-electron chi connectivity index (χ4n) is 7.25. The van der Waals surface area contributed by atoms with Gasteiger partial charge in [-0.15, -0.1) is 6.58 Å². The number of allylic oxidation sites excluding steroid dienone is 3. The first-order chi connectivity index (χ1) is 21.9. The van der Waals surface area contributed by atoms with Gasteiger partial charge in [0.15, 0.2) is 5.82 Å². The lowest BCUT2D eigenvalue weighted by Crippen LogP contribution is -2.53. The molecule has 2 aliphatic heterocycles. The van der Waals surface area contributed by atoms with Gasteiger partial charge in [0.05, 0.1) is 5.92 Å². The van der Waals surface area contributed by atoms with E-state index in [-0.39, 0.29) is 16.8 Å². The lowest BCUT2D eigenvalue weighted by atomic mass is 9.88. The van der Waals surface area contributed by atoms with Gasteiger partial charge < -0.3 is 20.4 Å². The summed E-state index contributed by atoms with van der Waals surface area (Å²) in [4.78, 5) is 12.2. The molecule has 3 aliphatic rings. The number of nitrogens with zero attached hydrogens (tertiary/aromatic N) is 3. The molecule has 2 bridgehead atoms. The topological polar surface area (TPSA) is 81.5 Å². The molecule has 0 spiro atoms. The van der Waals surface area contributed by atoms with E-state index in [0.717, 1.165) is 34.4 Å². The molecule has 4 aromatic carbocycles. The van der Waals surface area contributed by atoms with Crippen LogP contribution in [0.4, 0.5) is 10.2 Å². The third-order valence-corrected chi connectivity index (χ3v) is 9.55. The first kappa shape index (κ1) is 27.8. The Morgan fingerprint density at radius 3 is 2.11 bits per heavy atom. The Labute approximate surface area is 264 Å². The molecule has 0 radical (unpaired) electrons. The Kier molecular flexibility index (Phi) is 6.62. The zero-order valence-electron chi connectivity index (χ0n) is 24.3. The first-order valence-electron chi connectivity index (χ1n) is 15.1. The summed E-state index contributed by atoms with van der Waals surface area (Å²) in [6.07, 6.45) is 5.43. The third kappa shape index (κ3) is 4.66. The zero-order chi connectivity index (χ0) is 30.8. The number of anilines is 1. The second kappa shape index (κ2) is 10.7. The smallest absolute Gasteiger partial charge is 0.163 e. The predicted octanol–water partition coefficient (Wildman–Crippen LogP) is 6.13. The molecule has 2 fully saturated rings. The van der Waals surface area contributed by atoms with Gasteiger partial charge in [0.25, 0.3) is 0 Å². The molecule has 1 aromatic heterocycles. The number of rotatable bonds is 4. The van der Waals surface area contributed by atoms with Gasteiger partial charge in [-0.2, -0.15) is 0 Å². The van der Waals surface area contributed by atoms with E-state index in [4.69, 9.17) is 21.6 Å². The van der Waals surface area contributed by atoms with Crippen molar-refractivity contribution in [1.29, 1.82) is 0 Å². The van der Waals surface area contributed by atoms with Crippen LogP contribution in [0.15, 0.2) is 90.5 Å². The first-order valence-corrected chi connectivity index (χ1v) is 15.5. The fourth-order valence-corrected chi connectivity index (χ4v) is 7.57. The number of aromatic nitrogens is 2. The average Bonchev–Trinajstić information content (AvgIpc) is 3.33. The van der Waals surface area contributed by atoms with Crippen molar-refractivity contribution in [2.24, 2.45) is 5.92 Å². The van der Waals surface area contributed by atoms with Crippen molar-refractivity contribution in [3.8, 4) is 22.9 Å². The molecule has 5 aromatic rings. The Hall–Kier alpha value is -4.72. The van der Waals surface area contributed by atoms with E-state index in [0.29, 0.717) is 63.8 Å². The molecule has 224 valence electrons. The van der Waals surface area contributed by atoms with Crippen LogP contribution in [0.2, 0.25) is 0 Å². The van der Waals surface area contributed by atoms with Crippen molar-refractivity contribution in [2.75, 3.05) is 18.0 Å². The molecule has 3 N–H and O–H groups in total. The molecular formula is C37H30ClFN4O2. The maximum Gasteiger partial charge on any atom is 0.163 e. The van der Waals surface area contributed by atoms with Gasteiger partial charge in [-0.05, 0) is 75.9 Å². The molecule has 8 rings (SSSR count). The maximum absolute atomic E-state index is 17.2. The van der Waals surface area contributed by atoms with Crippen LogP contribution >= 0.6 is 11.6 Å². The van der Waals surface area contributed by atoms with Crippen LogP contribution in [-0.2, 0) is 0 Å². The van der Waals surface area contributed by atoms with E-state index < -0.39 is 11.7 Å². The van der Waals surface area contributed by atoms with Crippen LogP contribution < -0.4 is 20.8 Å². The Balaban J connectivity index is 1.44. The monoisotopic (exact) mass is 616 g/mol. The van der Waals surface area contributed by atoms with E-state index in [1.807, 2.05) is 48.5 Å². The molecular weight excluding hydrogens is 587 g/mol. The number of hydrogen-bond donors (Lipinski definition) is 3. The van der Waals surface area contributed by atoms with Crippen LogP contribution in [0.5, 0.6) is 11.5 Å². The fraction of sp³-hybridized carbons (Fsp3) is 0.189. The van der Waals surface area contributed by atoms with Crippen molar-refractivity contribution in [3.63, 3.8) is 0 Å². The number of hydrogen-bond acceptors (Lipinski definition) is 6. The minimum atomic E-state index is -0.948. The van der Waals surface area contributed by atoms with E-state index >= 15 is 4.39 Å². The zero-order valence-corrected chi connectivity index (χ0v) is 25.1. The quantitative estimate of drug-likeness (QED) is 0.211. The molecule has 2 saturated heterocycles. The highest BCUT2D eigenvalue weighted by Gasteiger charge is 2.35. The number of aromatic hydroxyl groups is 2. The number of piperazine rings is 1. The summed E-state index contributed by atoms with van der Waals surface area (Å²) < 4.78 is 17.2. The number of fused-ring (bicyclic) bond motifs is 5. The van der Waals surface area contributed by atoms with Crippen LogP contribution in [-0.4, -0.2) is 45.4 Å². The molecule has 3 heterocycles. The van der Waals surface area contributed by atoms with Gasteiger partial charge in [-0.1, -0.05) is 66.2 Å². The number of phenols is 2. The van der Waals surface area contributed by atoms with E-state index in [2.05, 4.69) is 16.8 Å². The summed E-state index contributed by atoms with van der Waals surface area (Å²) in [5.74, 6) is -0.417. The molecule has 45 heavy (non-hydrogen) atoms. The summed E-state index contributed by atoms with van der Waals surface area (Å²) in [5.41, 5.74) is 1.72. The van der Waals surface area contributed by atoms with Gasteiger partial charge >= 0.3 is 0 Å². The van der Waals surface area contributed by atoms with E-state index in [9.17, 15) is 10.2 Å².